The molecule has 0 bridgehead atoms. The van der Waals surface area contributed by atoms with Gasteiger partial charge in [0, 0.05) is 5.41 Å². The van der Waals surface area contributed by atoms with Crippen LogP contribution in [0, 0.1) is 6.92 Å². The maximum absolute atomic E-state index is 2.38. The lowest BCUT2D eigenvalue weighted by Crippen LogP contribution is -2.15. The summed E-state index contributed by atoms with van der Waals surface area (Å²) in [5.74, 6) is 0. The molecule has 23 heavy (non-hydrogen) atoms. The molecule has 3 aromatic rings. The van der Waals surface area contributed by atoms with Gasteiger partial charge in [0.2, 0.25) is 0 Å². The summed E-state index contributed by atoms with van der Waals surface area (Å²) in [5.41, 5.74) is 13.2. The van der Waals surface area contributed by atoms with Crippen LogP contribution in [0.25, 0.3) is 22.3 Å². The molecule has 0 amide bonds. The Morgan fingerprint density at radius 1 is 0.783 bits per heavy atom. The zero-order valence-electron chi connectivity index (χ0n) is 13.9. The molecule has 0 fully saturated rings. The van der Waals surface area contributed by atoms with Crippen LogP contribution in [-0.4, -0.2) is 0 Å². The minimum atomic E-state index is 0.0977. The van der Waals surface area contributed by atoms with Crippen molar-refractivity contribution in [2.75, 3.05) is 0 Å². The van der Waals surface area contributed by atoms with Crippen LogP contribution in [0.5, 0.6) is 0 Å². The fourth-order valence-electron chi connectivity index (χ4n) is 4.58. The maximum atomic E-state index is 2.38. The third-order valence-electron chi connectivity index (χ3n) is 5.78. The molecule has 0 saturated carbocycles. The molecule has 0 nitrogen and oxygen atoms in total. The number of fused-ring (bicyclic) bond motifs is 7. The number of aryl methyl sites for hydroxylation is 1. The van der Waals surface area contributed by atoms with E-state index in [1.807, 2.05) is 0 Å². The molecule has 0 unspecified atom stereocenters. The van der Waals surface area contributed by atoms with Crippen LogP contribution in [0.4, 0.5) is 0 Å². The van der Waals surface area contributed by atoms with Gasteiger partial charge in [-0.15, -0.1) is 0 Å². The van der Waals surface area contributed by atoms with Gasteiger partial charge in [-0.2, -0.15) is 0 Å². The Morgan fingerprint density at radius 3 is 2.43 bits per heavy atom. The van der Waals surface area contributed by atoms with Crippen LogP contribution in [0.1, 0.15) is 41.7 Å². The molecule has 2 aliphatic carbocycles. The van der Waals surface area contributed by atoms with Gasteiger partial charge in [-0.25, -0.2) is 0 Å². The predicted molar refractivity (Wildman–Crippen MR) is 97.0 cm³/mol. The van der Waals surface area contributed by atoms with E-state index >= 15 is 0 Å². The summed E-state index contributed by atoms with van der Waals surface area (Å²) in [4.78, 5) is 0. The Bertz CT molecular complexity index is 973. The predicted octanol–water partition coefficient (Wildman–Crippen LogP) is 5.87. The summed E-state index contributed by atoms with van der Waals surface area (Å²) in [7, 11) is 0. The monoisotopic (exact) mass is 296 g/mol. The summed E-state index contributed by atoms with van der Waals surface area (Å²) >= 11 is 0. The van der Waals surface area contributed by atoms with Gasteiger partial charge in [-0.1, -0.05) is 74.0 Å². The molecule has 3 aromatic carbocycles. The first kappa shape index (κ1) is 13.1. The molecule has 0 aliphatic heterocycles. The smallest absolute Gasteiger partial charge is 0.0159 e. The van der Waals surface area contributed by atoms with Crippen molar-refractivity contribution in [3.05, 3.63) is 82.4 Å². The van der Waals surface area contributed by atoms with Crippen LogP contribution in [-0.2, 0) is 11.8 Å². The van der Waals surface area contributed by atoms with Crippen LogP contribution in [0.2, 0.25) is 0 Å². The first-order valence-corrected chi connectivity index (χ1v) is 8.43. The second kappa shape index (κ2) is 4.14. The normalized spacial score (nSPS) is 15.8. The fourth-order valence-corrected chi connectivity index (χ4v) is 4.58. The van der Waals surface area contributed by atoms with Crippen LogP contribution in [0.15, 0.2) is 54.6 Å². The van der Waals surface area contributed by atoms with E-state index in [2.05, 4.69) is 75.4 Å². The minimum absolute atomic E-state index is 0.0977. The molecular weight excluding hydrogens is 276 g/mol. The van der Waals surface area contributed by atoms with Gasteiger partial charge in [0.1, 0.15) is 0 Å². The lowest BCUT2D eigenvalue weighted by molar-refractivity contribution is 0.659. The van der Waals surface area contributed by atoms with Crippen LogP contribution in [0.3, 0.4) is 0 Å². The third kappa shape index (κ3) is 1.56. The third-order valence-corrected chi connectivity index (χ3v) is 5.78. The van der Waals surface area contributed by atoms with Crippen molar-refractivity contribution in [3.8, 4) is 22.3 Å². The number of hydrogen-bond donors (Lipinski definition) is 0. The molecule has 0 atom stereocenters. The summed E-state index contributed by atoms with van der Waals surface area (Å²) in [6.45, 7) is 6.93. The van der Waals surface area contributed by atoms with Crippen molar-refractivity contribution in [2.45, 2.75) is 32.6 Å². The summed E-state index contributed by atoms with van der Waals surface area (Å²) in [6.07, 6.45) is 1.07. The highest BCUT2D eigenvalue weighted by Gasteiger charge is 2.38. The first-order valence-electron chi connectivity index (χ1n) is 8.43. The molecule has 0 heteroatoms. The van der Waals surface area contributed by atoms with Gasteiger partial charge in [0.05, 0.1) is 0 Å². The van der Waals surface area contributed by atoms with Gasteiger partial charge in [0.15, 0.2) is 0 Å². The van der Waals surface area contributed by atoms with E-state index in [4.69, 9.17) is 0 Å². The Morgan fingerprint density at radius 2 is 1.57 bits per heavy atom. The van der Waals surface area contributed by atoms with Crippen LogP contribution < -0.4 is 0 Å². The molecule has 0 radical (unpaired) electrons. The average molecular weight is 296 g/mol. The molecule has 2 aliphatic rings. The van der Waals surface area contributed by atoms with Crippen molar-refractivity contribution >= 4 is 0 Å². The number of rotatable bonds is 0. The summed E-state index contributed by atoms with van der Waals surface area (Å²) < 4.78 is 0. The standard InChI is InChI=1S/C23H20/c1-14-8-9-18-21(12-14)23(2,3)20-11-10-17-16-7-5-4-6-15(16)13-19(17)22(18)20/h4-12H,13H2,1-3H3. The highest BCUT2D eigenvalue weighted by atomic mass is 14.4. The number of hydrogen-bond acceptors (Lipinski definition) is 0. The van der Waals surface area contributed by atoms with Crippen molar-refractivity contribution in [1.82, 2.24) is 0 Å². The Hall–Kier alpha value is -2.34. The molecule has 0 aromatic heterocycles. The molecular formula is C23H20. The Labute approximate surface area is 137 Å². The largest absolute Gasteiger partial charge is 0.0619 e. The average Bonchev–Trinajstić information content (AvgIpc) is 3.02. The second-order valence-corrected chi connectivity index (χ2v) is 7.52. The second-order valence-electron chi connectivity index (χ2n) is 7.52. The molecule has 0 N–H and O–H groups in total. The van der Waals surface area contributed by atoms with Crippen molar-refractivity contribution in [3.63, 3.8) is 0 Å². The summed E-state index contributed by atoms with van der Waals surface area (Å²) in [5, 5.41) is 0. The molecule has 5 rings (SSSR count). The quantitative estimate of drug-likeness (QED) is 0.380. The van der Waals surface area contributed by atoms with E-state index in [1.54, 1.807) is 0 Å². The first-order chi connectivity index (χ1) is 11.1. The van der Waals surface area contributed by atoms with E-state index in [0.29, 0.717) is 0 Å². The van der Waals surface area contributed by atoms with E-state index in [1.165, 1.54) is 50.1 Å². The van der Waals surface area contributed by atoms with Crippen LogP contribution >= 0.6 is 0 Å². The van der Waals surface area contributed by atoms with E-state index in [-0.39, 0.29) is 5.41 Å². The summed E-state index contributed by atoms with van der Waals surface area (Å²) in [6, 6.07) is 20.5. The lowest BCUT2D eigenvalue weighted by atomic mass is 9.81. The Balaban J connectivity index is 1.86. The van der Waals surface area contributed by atoms with E-state index in [0.717, 1.165) is 6.42 Å². The number of benzene rings is 3. The van der Waals surface area contributed by atoms with Gasteiger partial charge >= 0.3 is 0 Å². The van der Waals surface area contributed by atoms with Gasteiger partial charge < -0.3 is 0 Å². The van der Waals surface area contributed by atoms with Crippen molar-refractivity contribution < 1.29 is 0 Å². The lowest BCUT2D eigenvalue weighted by Gasteiger charge is -2.22. The molecule has 112 valence electrons. The molecule has 0 heterocycles. The minimum Gasteiger partial charge on any atom is -0.0619 e. The van der Waals surface area contributed by atoms with Crippen molar-refractivity contribution in [1.29, 1.82) is 0 Å². The van der Waals surface area contributed by atoms with E-state index < -0.39 is 0 Å². The SMILES string of the molecule is Cc1ccc2c(c1)C(C)(C)c1ccc3c(c1-2)Cc1ccccc1-3. The van der Waals surface area contributed by atoms with Crippen molar-refractivity contribution in [2.24, 2.45) is 0 Å². The van der Waals surface area contributed by atoms with Gasteiger partial charge in [0.25, 0.3) is 0 Å². The topological polar surface area (TPSA) is 0 Å². The zero-order chi connectivity index (χ0) is 15.8. The Kier molecular flexibility index (Phi) is 2.36. The zero-order valence-corrected chi connectivity index (χ0v) is 13.9. The van der Waals surface area contributed by atoms with Gasteiger partial charge in [-0.3, -0.25) is 0 Å². The molecule has 0 spiro atoms. The maximum Gasteiger partial charge on any atom is 0.0159 e. The fraction of sp³-hybridized carbons (Fsp3) is 0.217. The highest BCUT2D eigenvalue weighted by Crippen LogP contribution is 2.54. The highest BCUT2D eigenvalue weighted by molar-refractivity contribution is 5.91. The van der Waals surface area contributed by atoms with E-state index in [9.17, 15) is 0 Å². The van der Waals surface area contributed by atoms with Gasteiger partial charge in [-0.05, 0) is 57.9 Å². The molecule has 0 saturated heterocycles.